The normalized spacial score (nSPS) is 13.3. The van der Waals surface area contributed by atoms with Crippen LogP contribution in [-0.2, 0) is 7.05 Å². The zero-order valence-corrected chi connectivity index (χ0v) is 9.28. The van der Waals surface area contributed by atoms with Crippen molar-refractivity contribution in [3.8, 4) is 0 Å². The zero-order valence-electron chi connectivity index (χ0n) is 9.28. The number of anilines is 1. The second-order valence-electron chi connectivity index (χ2n) is 3.93. The summed E-state index contributed by atoms with van der Waals surface area (Å²) in [7, 11) is 3.74. The quantitative estimate of drug-likeness (QED) is 0.752. The molecule has 1 rings (SSSR count). The van der Waals surface area contributed by atoms with Gasteiger partial charge in [0.2, 0.25) is 5.95 Å². The molecule has 1 atom stereocenters. The fourth-order valence-corrected chi connectivity index (χ4v) is 1.50. The Labute approximate surface area is 84.7 Å². The van der Waals surface area contributed by atoms with Crippen molar-refractivity contribution < 1.29 is 0 Å². The van der Waals surface area contributed by atoms with Gasteiger partial charge in [0, 0.05) is 14.1 Å². The Morgan fingerprint density at radius 3 is 2.50 bits per heavy atom. The van der Waals surface area contributed by atoms with Crippen molar-refractivity contribution in [2.45, 2.75) is 26.3 Å². The minimum absolute atomic E-state index is 0.0328. The largest absolute Gasteiger partial charge is 0.357 e. The highest BCUT2D eigenvalue weighted by Gasteiger charge is 2.15. The smallest absolute Gasteiger partial charge is 0.224 e. The van der Waals surface area contributed by atoms with Gasteiger partial charge in [-0.05, 0) is 12.3 Å². The van der Waals surface area contributed by atoms with Crippen LogP contribution in [0.2, 0.25) is 0 Å². The topological polar surface area (TPSA) is 68.8 Å². The molecule has 0 spiro atoms. The number of aromatic nitrogens is 3. The molecule has 0 aromatic carbocycles. The fraction of sp³-hybridized carbons (Fsp3) is 0.778. The van der Waals surface area contributed by atoms with E-state index in [1.54, 1.807) is 0 Å². The summed E-state index contributed by atoms with van der Waals surface area (Å²) in [6.45, 7) is 4.30. The third-order valence-electron chi connectivity index (χ3n) is 2.19. The molecule has 0 amide bonds. The lowest BCUT2D eigenvalue weighted by molar-refractivity contribution is 0.483. The summed E-state index contributed by atoms with van der Waals surface area (Å²) in [6.07, 6.45) is 0.926. The molecule has 0 unspecified atom stereocenters. The van der Waals surface area contributed by atoms with E-state index in [4.69, 9.17) is 5.73 Å². The van der Waals surface area contributed by atoms with Crippen molar-refractivity contribution in [1.82, 2.24) is 14.8 Å². The van der Waals surface area contributed by atoms with Gasteiger partial charge in [0.1, 0.15) is 0 Å². The summed E-state index contributed by atoms with van der Waals surface area (Å²) in [4.78, 5) is 0. The van der Waals surface area contributed by atoms with Gasteiger partial charge in [-0.25, -0.2) is 0 Å². The SMILES string of the molecule is CNc1nnc([C@@H](N)CC(C)C)n1C. The predicted molar refractivity (Wildman–Crippen MR) is 56.9 cm³/mol. The second kappa shape index (κ2) is 4.41. The molecule has 5 nitrogen and oxygen atoms in total. The van der Waals surface area contributed by atoms with Crippen molar-refractivity contribution in [3.05, 3.63) is 5.82 Å². The Kier molecular flexibility index (Phi) is 3.46. The molecule has 5 heteroatoms. The Morgan fingerprint density at radius 1 is 1.43 bits per heavy atom. The number of nitrogens with one attached hydrogen (secondary N) is 1. The second-order valence-corrected chi connectivity index (χ2v) is 3.93. The van der Waals surface area contributed by atoms with Crippen LogP contribution in [0.1, 0.15) is 32.1 Å². The highest BCUT2D eigenvalue weighted by molar-refractivity contribution is 5.24. The molecule has 0 aliphatic carbocycles. The van der Waals surface area contributed by atoms with Gasteiger partial charge in [0.15, 0.2) is 5.82 Å². The first kappa shape index (κ1) is 11.0. The molecule has 0 bridgehead atoms. The van der Waals surface area contributed by atoms with Crippen LogP contribution in [0.15, 0.2) is 0 Å². The van der Waals surface area contributed by atoms with E-state index in [0.717, 1.165) is 18.2 Å². The molecular formula is C9H19N5. The monoisotopic (exact) mass is 197 g/mol. The lowest BCUT2D eigenvalue weighted by Crippen LogP contribution is -2.17. The van der Waals surface area contributed by atoms with Crippen LogP contribution in [0.5, 0.6) is 0 Å². The average molecular weight is 197 g/mol. The standard InChI is InChI=1S/C9H19N5/c1-6(2)5-7(10)8-12-13-9(11-3)14(8)4/h6-7H,5,10H2,1-4H3,(H,11,13)/t7-/m0/s1. The maximum absolute atomic E-state index is 6.01. The number of rotatable bonds is 4. The minimum Gasteiger partial charge on any atom is -0.357 e. The molecule has 80 valence electrons. The lowest BCUT2D eigenvalue weighted by Gasteiger charge is -2.13. The summed E-state index contributed by atoms with van der Waals surface area (Å²) < 4.78 is 1.90. The first-order chi connectivity index (χ1) is 6.56. The molecule has 0 aliphatic heterocycles. The zero-order chi connectivity index (χ0) is 10.7. The molecule has 0 saturated carbocycles. The third kappa shape index (κ3) is 2.23. The van der Waals surface area contributed by atoms with Crippen molar-refractivity contribution >= 4 is 5.95 Å². The van der Waals surface area contributed by atoms with Crippen LogP contribution in [0, 0.1) is 5.92 Å². The van der Waals surface area contributed by atoms with E-state index in [1.165, 1.54) is 0 Å². The van der Waals surface area contributed by atoms with E-state index >= 15 is 0 Å². The molecule has 0 saturated heterocycles. The Bertz CT molecular complexity index is 291. The van der Waals surface area contributed by atoms with Crippen molar-refractivity contribution in [3.63, 3.8) is 0 Å². The van der Waals surface area contributed by atoms with Gasteiger partial charge in [-0.2, -0.15) is 0 Å². The first-order valence-electron chi connectivity index (χ1n) is 4.88. The summed E-state index contributed by atoms with van der Waals surface area (Å²) in [5, 5.41) is 11.0. The van der Waals surface area contributed by atoms with Crippen molar-refractivity contribution in [2.24, 2.45) is 18.7 Å². The highest BCUT2D eigenvalue weighted by Crippen LogP contribution is 2.18. The van der Waals surface area contributed by atoms with Gasteiger partial charge in [0.25, 0.3) is 0 Å². The maximum atomic E-state index is 6.01. The Balaban J connectivity index is 2.79. The number of hydrogen-bond acceptors (Lipinski definition) is 4. The molecule has 1 aromatic rings. The summed E-state index contributed by atoms with van der Waals surface area (Å²) in [6, 6.07) is -0.0328. The molecule has 1 aromatic heterocycles. The van der Waals surface area contributed by atoms with Gasteiger partial charge < -0.3 is 11.1 Å². The molecule has 14 heavy (non-hydrogen) atoms. The van der Waals surface area contributed by atoms with Crippen LogP contribution in [0.4, 0.5) is 5.95 Å². The molecular weight excluding hydrogens is 178 g/mol. The molecule has 3 N–H and O–H groups in total. The highest BCUT2D eigenvalue weighted by atomic mass is 15.3. The van der Waals surface area contributed by atoms with Crippen molar-refractivity contribution in [2.75, 3.05) is 12.4 Å². The van der Waals surface area contributed by atoms with Gasteiger partial charge in [-0.1, -0.05) is 13.8 Å². The Hall–Kier alpha value is -1.10. The van der Waals surface area contributed by atoms with Crippen LogP contribution in [0.25, 0.3) is 0 Å². The molecule has 1 heterocycles. The molecule has 0 fully saturated rings. The summed E-state index contributed by atoms with van der Waals surface area (Å²) in [5.74, 6) is 2.15. The van der Waals surface area contributed by atoms with E-state index in [2.05, 4.69) is 29.4 Å². The van der Waals surface area contributed by atoms with E-state index in [9.17, 15) is 0 Å². The van der Waals surface area contributed by atoms with Gasteiger partial charge in [-0.15, -0.1) is 10.2 Å². The predicted octanol–water partition coefficient (Wildman–Crippen LogP) is 0.903. The average Bonchev–Trinajstić information content (AvgIpc) is 2.45. The number of nitrogens with zero attached hydrogens (tertiary/aromatic N) is 3. The van der Waals surface area contributed by atoms with Gasteiger partial charge in [-0.3, -0.25) is 4.57 Å². The summed E-state index contributed by atoms with van der Waals surface area (Å²) >= 11 is 0. The lowest BCUT2D eigenvalue weighted by atomic mass is 10.0. The van der Waals surface area contributed by atoms with E-state index in [0.29, 0.717) is 5.92 Å². The number of nitrogens with two attached hydrogens (primary N) is 1. The van der Waals surface area contributed by atoms with E-state index < -0.39 is 0 Å². The fourth-order valence-electron chi connectivity index (χ4n) is 1.50. The minimum atomic E-state index is -0.0328. The van der Waals surface area contributed by atoms with E-state index in [-0.39, 0.29) is 6.04 Å². The van der Waals surface area contributed by atoms with Crippen LogP contribution < -0.4 is 11.1 Å². The van der Waals surface area contributed by atoms with Crippen LogP contribution in [-0.4, -0.2) is 21.8 Å². The van der Waals surface area contributed by atoms with Crippen LogP contribution in [0.3, 0.4) is 0 Å². The van der Waals surface area contributed by atoms with Crippen LogP contribution >= 0.6 is 0 Å². The van der Waals surface area contributed by atoms with Crippen molar-refractivity contribution in [1.29, 1.82) is 0 Å². The Morgan fingerprint density at radius 2 is 2.07 bits per heavy atom. The summed E-state index contributed by atoms with van der Waals surface area (Å²) in [5.41, 5.74) is 6.01. The number of hydrogen-bond donors (Lipinski definition) is 2. The first-order valence-corrected chi connectivity index (χ1v) is 4.88. The maximum Gasteiger partial charge on any atom is 0.224 e. The van der Waals surface area contributed by atoms with Gasteiger partial charge in [0.05, 0.1) is 6.04 Å². The van der Waals surface area contributed by atoms with E-state index in [1.807, 2.05) is 18.7 Å². The molecule has 0 radical (unpaired) electrons. The third-order valence-corrected chi connectivity index (χ3v) is 2.19. The van der Waals surface area contributed by atoms with Gasteiger partial charge >= 0.3 is 0 Å². The molecule has 0 aliphatic rings.